The van der Waals surface area contributed by atoms with Crippen LogP contribution >= 0.6 is 11.6 Å². The molecule has 0 aliphatic heterocycles. The normalized spacial score (nSPS) is 14.6. The quantitative estimate of drug-likeness (QED) is 0.772. The van der Waals surface area contributed by atoms with E-state index < -0.39 is 0 Å². The van der Waals surface area contributed by atoms with E-state index in [1.54, 1.807) is 18.2 Å². The van der Waals surface area contributed by atoms with Gasteiger partial charge in [0.2, 0.25) is 5.91 Å². The van der Waals surface area contributed by atoms with Crippen LogP contribution in [0, 0.1) is 5.92 Å². The number of hydrogen-bond donors (Lipinski definition) is 2. The van der Waals surface area contributed by atoms with Gasteiger partial charge in [-0.3, -0.25) is 9.59 Å². The molecule has 0 spiro atoms. The molecular formula is C22H25ClN2O2. The number of hydrogen-bond acceptors (Lipinski definition) is 2. The lowest BCUT2D eigenvalue weighted by atomic mass is 9.88. The van der Waals surface area contributed by atoms with Gasteiger partial charge in [0.25, 0.3) is 5.91 Å². The van der Waals surface area contributed by atoms with Crippen molar-refractivity contribution in [3.8, 4) is 0 Å². The van der Waals surface area contributed by atoms with Gasteiger partial charge in [0.15, 0.2) is 0 Å². The van der Waals surface area contributed by atoms with E-state index in [-0.39, 0.29) is 17.7 Å². The van der Waals surface area contributed by atoms with E-state index in [0.29, 0.717) is 23.7 Å². The molecule has 142 valence electrons. The minimum Gasteiger partial charge on any atom is -0.352 e. The van der Waals surface area contributed by atoms with Crippen molar-refractivity contribution in [2.24, 2.45) is 5.92 Å². The van der Waals surface area contributed by atoms with Crippen molar-refractivity contribution in [3.05, 3.63) is 70.2 Å². The first kappa shape index (κ1) is 19.4. The van der Waals surface area contributed by atoms with Crippen molar-refractivity contribution < 1.29 is 9.59 Å². The minimum atomic E-state index is -0.146. The van der Waals surface area contributed by atoms with Crippen molar-refractivity contribution in [1.82, 2.24) is 10.6 Å². The second kappa shape index (κ2) is 9.56. The van der Waals surface area contributed by atoms with Crippen molar-refractivity contribution in [2.45, 2.75) is 45.2 Å². The van der Waals surface area contributed by atoms with E-state index in [0.717, 1.165) is 36.8 Å². The number of benzene rings is 2. The zero-order valence-corrected chi connectivity index (χ0v) is 16.1. The van der Waals surface area contributed by atoms with Crippen molar-refractivity contribution in [2.75, 3.05) is 0 Å². The third-order valence-corrected chi connectivity index (χ3v) is 5.42. The molecule has 1 aliphatic carbocycles. The Morgan fingerprint density at radius 3 is 2.30 bits per heavy atom. The maximum absolute atomic E-state index is 12.3. The summed E-state index contributed by atoms with van der Waals surface area (Å²) >= 11 is 6.11. The molecule has 2 amide bonds. The molecule has 1 saturated carbocycles. The Bertz CT molecular complexity index is 783. The minimum absolute atomic E-state index is 0.146. The molecule has 2 aromatic carbocycles. The highest BCUT2D eigenvalue weighted by Gasteiger charge is 2.20. The predicted molar refractivity (Wildman–Crippen MR) is 107 cm³/mol. The standard InChI is InChI=1S/C22H25ClN2O2/c23-20-9-5-4-8-19(20)15-25-22(27)18-12-10-16(11-13-18)14-24-21(26)17-6-2-1-3-7-17/h4-5,8-13,17H,1-3,6-7,14-15H2,(H,24,26)(H,25,27). The summed E-state index contributed by atoms with van der Waals surface area (Å²) < 4.78 is 0. The number of halogens is 1. The van der Waals surface area contributed by atoms with Gasteiger partial charge in [0.05, 0.1) is 0 Å². The molecule has 5 heteroatoms. The van der Waals surface area contributed by atoms with Gasteiger partial charge in [-0.15, -0.1) is 0 Å². The molecule has 1 aliphatic rings. The SMILES string of the molecule is O=C(NCc1ccccc1Cl)c1ccc(CNC(=O)C2CCCCC2)cc1. The topological polar surface area (TPSA) is 58.2 Å². The van der Waals surface area contributed by atoms with Gasteiger partial charge in [-0.05, 0) is 42.2 Å². The van der Waals surface area contributed by atoms with Crippen LogP contribution in [-0.2, 0) is 17.9 Å². The summed E-state index contributed by atoms with van der Waals surface area (Å²) in [6.45, 7) is 0.883. The number of amides is 2. The van der Waals surface area contributed by atoms with Gasteiger partial charge in [-0.25, -0.2) is 0 Å². The van der Waals surface area contributed by atoms with Crippen molar-refractivity contribution in [3.63, 3.8) is 0 Å². The molecule has 0 atom stereocenters. The van der Waals surface area contributed by atoms with Gasteiger partial charge in [-0.2, -0.15) is 0 Å². The van der Waals surface area contributed by atoms with Crippen LogP contribution < -0.4 is 10.6 Å². The Hall–Kier alpha value is -2.33. The molecular weight excluding hydrogens is 360 g/mol. The first-order valence-corrected chi connectivity index (χ1v) is 9.89. The first-order valence-electron chi connectivity index (χ1n) is 9.52. The van der Waals surface area contributed by atoms with E-state index >= 15 is 0 Å². The fraction of sp³-hybridized carbons (Fsp3) is 0.364. The number of rotatable bonds is 6. The van der Waals surface area contributed by atoms with Crippen LogP contribution in [0.2, 0.25) is 5.02 Å². The van der Waals surface area contributed by atoms with Crippen LogP contribution in [-0.4, -0.2) is 11.8 Å². The molecule has 3 rings (SSSR count). The Morgan fingerprint density at radius 2 is 1.59 bits per heavy atom. The average Bonchev–Trinajstić information content (AvgIpc) is 2.72. The fourth-order valence-corrected chi connectivity index (χ4v) is 3.59. The van der Waals surface area contributed by atoms with Gasteiger partial charge in [-0.1, -0.05) is 61.2 Å². The summed E-state index contributed by atoms with van der Waals surface area (Å²) in [5.74, 6) is 0.164. The van der Waals surface area contributed by atoms with Crippen LogP contribution in [0.1, 0.15) is 53.6 Å². The van der Waals surface area contributed by atoms with Crippen LogP contribution in [0.15, 0.2) is 48.5 Å². The van der Waals surface area contributed by atoms with E-state index in [2.05, 4.69) is 10.6 Å². The molecule has 27 heavy (non-hydrogen) atoms. The zero-order chi connectivity index (χ0) is 19.1. The molecule has 0 aromatic heterocycles. The highest BCUT2D eigenvalue weighted by atomic mass is 35.5. The van der Waals surface area contributed by atoms with Crippen molar-refractivity contribution in [1.29, 1.82) is 0 Å². The van der Waals surface area contributed by atoms with Gasteiger partial charge >= 0.3 is 0 Å². The van der Waals surface area contributed by atoms with E-state index in [1.807, 2.05) is 30.3 Å². The Kier molecular flexibility index (Phi) is 6.88. The Labute approximate surface area is 165 Å². The molecule has 0 heterocycles. The summed E-state index contributed by atoms with van der Waals surface area (Å²) in [4.78, 5) is 24.5. The first-order chi connectivity index (χ1) is 13.1. The predicted octanol–water partition coefficient (Wildman–Crippen LogP) is 4.47. The van der Waals surface area contributed by atoms with Gasteiger partial charge in [0.1, 0.15) is 0 Å². The number of nitrogens with one attached hydrogen (secondary N) is 2. The zero-order valence-electron chi connectivity index (χ0n) is 15.3. The third-order valence-electron chi connectivity index (χ3n) is 5.06. The molecule has 0 bridgehead atoms. The molecule has 2 aromatic rings. The van der Waals surface area contributed by atoms with Crippen LogP contribution in [0.4, 0.5) is 0 Å². The molecule has 0 radical (unpaired) electrons. The summed E-state index contributed by atoms with van der Waals surface area (Å²) in [5, 5.41) is 6.53. The third kappa shape index (κ3) is 5.57. The summed E-state index contributed by atoms with van der Waals surface area (Å²) in [7, 11) is 0. The summed E-state index contributed by atoms with van der Waals surface area (Å²) in [5.41, 5.74) is 2.46. The smallest absolute Gasteiger partial charge is 0.251 e. The number of carbonyl (C=O) groups is 2. The summed E-state index contributed by atoms with van der Waals surface area (Å²) in [6.07, 6.45) is 5.53. The van der Waals surface area contributed by atoms with Gasteiger partial charge < -0.3 is 10.6 Å². The van der Waals surface area contributed by atoms with Crippen LogP contribution in [0.25, 0.3) is 0 Å². The lowest BCUT2D eigenvalue weighted by molar-refractivity contribution is -0.126. The molecule has 4 nitrogen and oxygen atoms in total. The Balaban J connectivity index is 1.48. The van der Waals surface area contributed by atoms with Crippen LogP contribution in [0.3, 0.4) is 0 Å². The molecule has 1 fully saturated rings. The number of carbonyl (C=O) groups excluding carboxylic acids is 2. The fourth-order valence-electron chi connectivity index (χ4n) is 3.39. The highest BCUT2D eigenvalue weighted by Crippen LogP contribution is 2.23. The van der Waals surface area contributed by atoms with Crippen molar-refractivity contribution >= 4 is 23.4 Å². The summed E-state index contributed by atoms with van der Waals surface area (Å²) in [6, 6.07) is 14.8. The molecule has 0 unspecified atom stereocenters. The monoisotopic (exact) mass is 384 g/mol. The average molecular weight is 385 g/mol. The Morgan fingerprint density at radius 1 is 0.889 bits per heavy atom. The molecule has 2 N–H and O–H groups in total. The molecule has 0 saturated heterocycles. The van der Waals surface area contributed by atoms with Gasteiger partial charge in [0, 0.05) is 29.6 Å². The maximum Gasteiger partial charge on any atom is 0.251 e. The van der Waals surface area contributed by atoms with Crippen LogP contribution in [0.5, 0.6) is 0 Å². The lowest BCUT2D eigenvalue weighted by Gasteiger charge is -2.20. The van der Waals surface area contributed by atoms with E-state index in [1.165, 1.54) is 6.42 Å². The van der Waals surface area contributed by atoms with E-state index in [4.69, 9.17) is 11.6 Å². The second-order valence-corrected chi connectivity index (χ2v) is 7.43. The highest BCUT2D eigenvalue weighted by molar-refractivity contribution is 6.31. The lowest BCUT2D eigenvalue weighted by Crippen LogP contribution is -2.31. The second-order valence-electron chi connectivity index (χ2n) is 7.02. The van der Waals surface area contributed by atoms with E-state index in [9.17, 15) is 9.59 Å². The maximum atomic E-state index is 12.3. The largest absolute Gasteiger partial charge is 0.352 e.